The third-order valence-corrected chi connectivity index (χ3v) is 3.56. The fourth-order valence-corrected chi connectivity index (χ4v) is 2.27. The van der Waals surface area contributed by atoms with Crippen molar-refractivity contribution >= 4 is 11.6 Å². The lowest BCUT2D eigenvalue weighted by atomic mass is 10.0. The summed E-state index contributed by atoms with van der Waals surface area (Å²) in [7, 11) is 0. The Morgan fingerprint density at radius 1 is 1.45 bits per heavy atom. The van der Waals surface area contributed by atoms with Gasteiger partial charge in [-0.2, -0.15) is 4.98 Å². The number of aromatic nitrogens is 2. The number of rotatable bonds is 4. The molecular weight excluding hydrogens is 294 g/mol. The minimum Gasteiger partial charge on any atom is -0.394 e. The summed E-state index contributed by atoms with van der Waals surface area (Å²) < 4.78 is 6.16. The summed E-state index contributed by atoms with van der Waals surface area (Å²) in [5.74, 6) is -0.877. The first-order chi connectivity index (χ1) is 10.3. The average Bonchev–Trinajstić information content (AvgIpc) is 2.74. The Balaban J connectivity index is 2.46. The van der Waals surface area contributed by atoms with E-state index in [9.17, 15) is 19.8 Å². The number of hydrogen-bond acceptors (Lipinski definition) is 8. The van der Waals surface area contributed by atoms with E-state index in [0.717, 1.165) is 10.8 Å². The van der Waals surface area contributed by atoms with Gasteiger partial charge in [-0.15, -0.1) is 0 Å². The number of hydrogen-bond donors (Lipinski definition) is 4. The van der Waals surface area contributed by atoms with Gasteiger partial charge in [0.2, 0.25) is 0 Å². The van der Waals surface area contributed by atoms with E-state index in [1.807, 2.05) is 0 Å². The molecule has 0 spiro atoms. The Morgan fingerprint density at radius 2 is 2.09 bits per heavy atom. The lowest BCUT2D eigenvalue weighted by molar-refractivity contribution is -0.0550. The van der Waals surface area contributed by atoms with E-state index in [1.54, 1.807) is 13.8 Å². The Labute approximate surface area is 126 Å². The van der Waals surface area contributed by atoms with Crippen molar-refractivity contribution in [3.05, 3.63) is 22.2 Å². The molecule has 22 heavy (non-hydrogen) atoms. The van der Waals surface area contributed by atoms with E-state index in [2.05, 4.69) is 4.98 Å². The van der Waals surface area contributed by atoms with Crippen LogP contribution in [0, 0.1) is 5.92 Å². The summed E-state index contributed by atoms with van der Waals surface area (Å²) >= 11 is 0. The van der Waals surface area contributed by atoms with Gasteiger partial charge in [0, 0.05) is 12.1 Å². The first-order valence-electron chi connectivity index (χ1n) is 6.83. The molecule has 1 fully saturated rings. The van der Waals surface area contributed by atoms with Crippen LogP contribution in [0.3, 0.4) is 0 Å². The first kappa shape index (κ1) is 16.6. The van der Waals surface area contributed by atoms with Crippen LogP contribution in [0.15, 0.2) is 11.0 Å². The molecule has 1 aromatic rings. The summed E-state index contributed by atoms with van der Waals surface area (Å²) in [5, 5.41) is 28.8. The van der Waals surface area contributed by atoms with Crippen molar-refractivity contribution < 1.29 is 24.9 Å². The second kappa shape index (κ2) is 6.13. The van der Waals surface area contributed by atoms with E-state index in [4.69, 9.17) is 15.6 Å². The second-order valence-electron chi connectivity index (χ2n) is 5.48. The Hall–Kier alpha value is -1.81. The van der Waals surface area contributed by atoms with Crippen LogP contribution < -0.4 is 11.4 Å². The zero-order valence-electron chi connectivity index (χ0n) is 12.2. The van der Waals surface area contributed by atoms with Gasteiger partial charge in [-0.1, -0.05) is 13.8 Å². The summed E-state index contributed by atoms with van der Waals surface area (Å²) in [4.78, 5) is 27.6. The molecule has 0 aliphatic carbocycles. The molecule has 122 valence electrons. The maximum Gasteiger partial charge on any atom is 0.351 e. The van der Waals surface area contributed by atoms with Crippen molar-refractivity contribution in [2.75, 3.05) is 12.3 Å². The summed E-state index contributed by atoms with van der Waals surface area (Å²) in [6.07, 6.45) is -3.93. The molecule has 0 radical (unpaired) electrons. The van der Waals surface area contributed by atoms with Gasteiger partial charge >= 0.3 is 5.69 Å². The van der Waals surface area contributed by atoms with Gasteiger partial charge in [-0.05, 0) is 0 Å². The van der Waals surface area contributed by atoms with Crippen LogP contribution >= 0.6 is 0 Å². The molecule has 0 aromatic carbocycles. The lowest BCUT2D eigenvalue weighted by Gasteiger charge is -2.18. The zero-order chi connectivity index (χ0) is 16.6. The third kappa shape index (κ3) is 2.75. The lowest BCUT2D eigenvalue weighted by Crippen LogP contribution is -2.37. The van der Waals surface area contributed by atoms with Gasteiger partial charge in [-0.3, -0.25) is 9.36 Å². The fraction of sp³-hybridized carbons (Fsp3) is 0.615. The van der Waals surface area contributed by atoms with Crippen LogP contribution in [-0.4, -0.2) is 55.6 Å². The standard InChI is InChI=1S/C13H19N3O6/c1-5(2)8(18)6-3-16(13(21)15-11(6)14)12-10(20)9(19)7(4-17)22-12/h3,5,7,9-10,12,17,19-20H,4H2,1-2H3,(H2,14,15,21)/t7-,9-,10-,12-/m1/s1. The van der Waals surface area contributed by atoms with E-state index in [-0.39, 0.29) is 23.1 Å². The summed E-state index contributed by atoms with van der Waals surface area (Å²) in [6, 6.07) is 0. The molecule has 9 heteroatoms. The number of carbonyl (C=O) groups excluding carboxylic acids is 1. The highest BCUT2D eigenvalue weighted by Gasteiger charge is 2.44. The van der Waals surface area contributed by atoms with Crippen LogP contribution in [0.2, 0.25) is 0 Å². The molecule has 1 aliphatic heterocycles. The molecule has 9 nitrogen and oxygen atoms in total. The monoisotopic (exact) mass is 313 g/mol. The fourth-order valence-electron chi connectivity index (χ4n) is 2.27. The number of nitrogen functional groups attached to an aromatic ring is 1. The van der Waals surface area contributed by atoms with Crippen molar-refractivity contribution in [2.45, 2.75) is 38.4 Å². The third-order valence-electron chi connectivity index (χ3n) is 3.56. The van der Waals surface area contributed by atoms with Gasteiger partial charge in [0.1, 0.15) is 24.1 Å². The number of ether oxygens (including phenoxy) is 1. The minimum atomic E-state index is -1.44. The zero-order valence-corrected chi connectivity index (χ0v) is 12.2. The predicted octanol–water partition coefficient (Wildman–Crippen LogP) is -1.72. The van der Waals surface area contributed by atoms with Crippen LogP contribution in [0.4, 0.5) is 5.82 Å². The highest BCUT2D eigenvalue weighted by molar-refractivity contribution is 6.00. The topological polar surface area (TPSA) is 148 Å². The molecule has 0 unspecified atom stereocenters. The number of anilines is 1. The molecule has 5 N–H and O–H groups in total. The highest BCUT2D eigenvalue weighted by Crippen LogP contribution is 2.28. The second-order valence-corrected chi connectivity index (χ2v) is 5.48. The van der Waals surface area contributed by atoms with Gasteiger partial charge in [0.15, 0.2) is 12.0 Å². The molecular formula is C13H19N3O6. The molecule has 1 saturated heterocycles. The maximum atomic E-state index is 12.1. The molecule has 1 aliphatic rings. The quantitative estimate of drug-likeness (QED) is 0.480. The Kier molecular flexibility index (Phi) is 4.61. The number of Topliss-reactive ketones (excluding diaryl/α,β-unsaturated/α-hetero) is 1. The van der Waals surface area contributed by atoms with Crippen molar-refractivity contribution in [3.8, 4) is 0 Å². The normalized spacial score (nSPS) is 28.3. The molecule has 0 amide bonds. The number of ketones is 1. The van der Waals surface area contributed by atoms with Crippen LogP contribution in [0.1, 0.15) is 30.4 Å². The number of nitrogens with zero attached hydrogens (tertiary/aromatic N) is 2. The van der Waals surface area contributed by atoms with Gasteiger partial charge < -0.3 is 25.8 Å². The average molecular weight is 313 g/mol. The minimum absolute atomic E-state index is 0.0346. The number of aliphatic hydroxyl groups excluding tert-OH is 3. The number of aliphatic hydroxyl groups is 3. The molecule has 0 bridgehead atoms. The SMILES string of the molecule is CC(C)C(=O)c1cn([C@@H]2O[C@H](CO)[C@@H](O)[C@H]2O)c(=O)nc1N. The molecule has 0 saturated carbocycles. The molecule has 2 heterocycles. The van der Waals surface area contributed by atoms with E-state index in [0.29, 0.717) is 0 Å². The molecule has 2 rings (SSSR count). The van der Waals surface area contributed by atoms with E-state index in [1.165, 1.54) is 0 Å². The molecule has 4 atom stereocenters. The molecule has 1 aromatic heterocycles. The first-order valence-corrected chi connectivity index (χ1v) is 6.83. The van der Waals surface area contributed by atoms with Crippen molar-refractivity contribution in [2.24, 2.45) is 5.92 Å². The summed E-state index contributed by atoms with van der Waals surface area (Å²) in [6.45, 7) is 2.82. The van der Waals surface area contributed by atoms with Crippen LogP contribution in [-0.2, 0) is 4.74 Å². The van der Waals surface area contributed by atoms with Gasteiger partial charge in [-0.25, -0.2) is 4.79 Å². The predicted molar refractivity (Wildman–Crippen MR) is 75.1 cm³/mol. The highest BCUT2D eigenvalue weighted by atomic mass is 16.6. The van der Waals surface area contributed by atoms with Crippen molar-refractivity contribution in [1.29, 1.82) is 0 Å². The smallest absolute Gasteiger partial charge is 0.351 e. The van der Waals surface area contributed by atoms with Gasteiger partial charge in [0.25, 0.3) is 0 Å². The van der Waals surface area contributed by atoms with Crippen LogP contribution in [0.25, 0.3) is 0 Å². The largest absolute Gasteiger partial charge is 0.394 e. The number of nitrogens with two attached hydrogens (primary N) is 1. The van der Waals surface area contributed by atoms with E-state index < -0.39 is 36.8 Å². The summed E-state index contributed by atoms with van der Waals surface area (Å²) in [5.41, 5.74) is 4.81. The van der Waals surface area contributed by atoms with Crippen LogP contribution in [0.5, 0.6) is 0 Å². The Morgan fingerprint density at radius 3 is 2.59 bits per heavy atom. The van der Waals surface area contributed by atoms with Crippen molar-refractivity contribution in [1.82, 2.24) is 9.55 Å². The van der Waals surface area contributed by atoms with E-state index >= 15 is 0 Å². The van der Waals surface area contributed by atoms with Gasteiger partial charge in [0.05, 0.1) is 12.2 Å². The number of carbonyl (C=O) groups is 1. The maximum absolute atomic E-state index is 12.1. The Bertz CT molecular complexity index is 629. The van der Waals surface area contributed by atoms with Crippen molar-refractivity contribution in [3.63, 3.8) is 0 Å².